The number of benzene rings is 1. The fourth-order valence-corrected chi connectivity index (χ4v) is 4.12. The van der Waals surface area contributed by atoms with Gasteiger partial charge in [-0.15, -0.1) is 0 Å². The summed E-state index contributed by atoms with van der Waals surface area (Å²) in [6, 6.07) is 7.78. The molecule has 1 aromatic carbocycles. The number of allylic oxidation sites excluding steroid dienone is 2. The van der Waals surface area contributed by atoms with Crippen molar-refractivity contribution < 1.29 is 0 Å². The average molecular weight is 354 g/mol. The molecule has 0 aliphatic carbocycles. The first kappa shape index (κ1) is 16.2. The van der Waals surface area contributed by atoms with Crippen molar-refractivity contribution in [1.29, 1.82) is 0 Å². The summed E-state index contributed by atoms with van der Waals surface area (Å²) < 4.78 is 0. The fourth-order valence-electron chi connectivity index (χ4n) is 3.87. The molecule has 1 unspecified atom stereocenters. The van der Waals surface area contributed by atoms with E-state index in [-0.39, 0.29) is 5.92 Å². The standard InChI is InChI=1S/C19H20ClN5/c1-21-18-16(13-5-3-4-6-15(13)20)14-11-22-24-19(14)23-17(18)12-7-9-25(2)10-8-12/h3-6,11-12,16H,7-10H2,2H3,(H2,22,23,24). The molecule has 1 atom stereocenters. The lowest BCUT2D eigenvalue weighted by molar-refractivity contribution is 0.238. The highest BCUT2D eigenvalue weighted by molar-refractivity contribution is 6.31. The lowest BCUT2D eigenvalue weighted by Gasteiger charge is -2.35. The van der Waals surface area contributed by atoms with E-state index in [9.17, 15) is 0 Å². The van der Waals surface area contributed by atoms with Crippen LogP contribution in [0.4, 0.5) is 5.82 Å². The van der Waals surface area contributed by atoms with Crippen LogP contribution in [0, 0.1) is 12.5 Å². The number of rotatable bonds is 2. The van der Waals surface area contributed by atoms with Gasteiger partial charge >= 0.3 is 0 Å². The van der Waals surface area contributed by atoms with Crippen molar-refractivity contribution in [1.82, 2.24) is 15.1 Å². The highest BCUT2D eigenvalue weighted by Gasteiger charge is 2.36. The van der Waals surface area contributed by atoms with Gasteiger partial charge in [-0.25, -0.2) is 4.85 Å². The van der Waals surface area contributed by atoms with E-state index in [0.29, 0.717) is 10.9 Å². The fraction of sp³-hybridized carbons (Fsp3) is 0.368. The molecule has 3 heterocycles. The molecule has 0 spiro atoms. The van der Waals surface area contributed by atoms with E-state index < -0.39 is 0 Å². The van der Waals surface area contributed by atoms with Crippen molar-refractivity contribution in [3.05, 3.63) is 69.4 Å². The summed E-state index contributed by atoms with van der Waals surface area (Å²) in [6.07, 6.45) is 3.90. The number of hydrogen-bond acceptors (Lipinski definition) is 3. The van der Waals surface area contributed by atoms with Crippen molar-refractivity contribution in [3.8, 4) is 0 Å². The number of piperidine rings is 1. The van der Waals surface area contributed by atoms with Crippen LogP contribution in [0.25, 0.3) is 4.85 Å². The third-order valence-electron chi connectivity index (χ3n) is 5.25. The van der Waals surface area contributed by atoms with Crippen LogP contribution in [-0.2, 0) is 0 Å². The average Bonchev–Trinajstić information content (AvgIpc) is 3.10. The lowest BCUT2D eigenvalue weighted by atomic mass is 9.82. The zero-order chi connectivity index (χ0) is 17.4. The van der Waals surface area contributed by atoms with Crippen molar-refractivity contribution in [2.45, 2.75) is 18.8 Å². The first-order valence-electron chi connectivity index (χ1n) is 8.53. The molecule has 0 amide bonds. The number of nitrogens with one attached hydrogen (secondary N) is 2. The topological polar surface area (TPSA) is 48.3 Å². The van der Waals surface area contributed by atoms with E-state index in [1.807, 2.05) is 24.3 Å². The molecule has 128 valence electrons. The Bertz CT molecular complexity index is 855. The Labute approximate surface area is 152 Å². The van der Waals surface area contributed by atoms with Crippen molar-refractivity contribution in [2.75, 3.05) is 25.5 Å². The normalized spacial score (nSPS) is 21.6. The van der Waals surface area contributed by atoms with Gasteiger partial charge in [0.15, 0.2) is 5.70 Å². The third kappa shape index (κ3) is 2.82. The first-order chi connectivity index (χ1) is 12.2. The Morgan fingerprint density at radius 1 is 1.24 bits per heavy atom. The molecule has 0 saturated carbocycles. The van der Waals surface area contributed by atoms with E-state index in [2.05, 4.69) is 32.3 Å². The number of fused-ring (bicyclic) bond motifs is 1. The van der Waals surface area contributed by atoms with Gasteiger partial charge in [0.2, 0.25) is 0 Å². The zero-order valence-electron chi connectivity index (χ0n) is 14.1. The molecule has 5 nitrogen and oxygen atoms in total. The molecule has 2 aromatic rings. The maximum atomic E-state index is 7.87. The van der Waals surface area contributed by atoms with Gasteiger partial charge in [-0.3, -0.25) is 5.10 Å². The number of halogens is 1. The van der Waals surface area contributed by atoms with Gasteiger partial charge in [-0.1, -0.05) is 29.8 Å². The number of H-pyrrole nitrogens is 1. The molecule has 4 rings (SSSR count). The van der Waals surface area contributed by atoms with Crippen molar-refractivity contribution in [3.63, 3.8) is 0 Å². The molecular formula is C19H20ClN5. The molecule has 1 aromatic heterocycles. The summed E-state index contributed by atoms with van der Waals surface area (Å²) in [5, 5.41) is 11.4. The van der Waals surface area contributed by atoms with E-state index >= 15 is 0 Å². The Hall–Kier alpha value is -2.29. The number of aromatic amines is 1. The largest absolute Gasteiger partial charge is 0.354 e. The van der Waals surface area contributed by atoms with Gasteiger partial charge in [0.1, 0.15) is 5.82 Å². The Morgan fingerprint density at radius 2 is 2.00 bits per heavy atom. The second-order valence-corrected chi connectivity index (χ2v) is 7.18. The van der Waals surface area contributed by atoms with Crippen LogP contribution in [0.15, 0.2) is 41.9 Å². The quantitative estimate of drug-likeness (QED) is 0.799. The summed E-state index contributed by atoms with van der Waals surface area (Å²) >= 11 is 6.48. The molecule has 2 aliphatic rings. The van der Waals surface area contributed by atoms with E-state index in [4.69, 9.17) is 18.2 Å². The van der Waals surface area contributed by atoms with Crippen molar-refractivity contribution in [2.24, 2.45) is 5.92 Å². The summed E-state index contributed by atoms with van der Waals surface area (Å²) in [6.45, 7) is 9.97. The molecule has 0 bridgehead atoms. The van der Waals surface area contributed by atoms with E-state index in [1.165, 1.54) is 0 Å². The maximum absolute atomic E-state index is 7.87. The molecule has 6 heteroatoms. The SMILES string of the molecule is [C-]#[N+]C1=C(C2CCN(C)CC2)Nc2[nH]ncc2C1c1ccccc1Cl. The van der Waals surface area contributed by atoms with Crippen LogP contribution < -0.4 is 5.32 Å². The third-order valence-corrected chi connectivity index (χ3v) is 5.60. The van der Waals surface area contributed by atoms with Crippen LogP contribution in [0.3, 0.4) is 0 Å². The molecule has 25 heavy (non-hydrogen) atoms. The van der Waals surface area contributed by atoms with Crippen LogP contribution in [0.1, 0.15) is 29.9 Å². The number of aromatic nitrogens is 2. The number of hydrogen-bond donors (Lipinski definition) is 2. The summed E-state index contributed by atoms with van der Waals surface area (Å²) in [5.74, 6) is 1.07. The smallest absolute Gasteiger partial charge is 0.196 e. The minimum absolute atomic E-state index is 0.171. The zero-order valence-corrected chi connectivity index (χ0v) is 14.8. The highest BCUT2D eigenvalue weighted by Crippen LogP contribution is 2.46. The Balaban J connectivity index is 1.83. The summed E-state index contributed by atoms with van der Waals surface area (Å²) in [4.78, 5) is 6.29. The Kier molecular flexibility index (Phi) is 4.24. The summed E-state index contributed by atoms with van der Waals surface area (Å²) in [5.41, 5.74) is 3.72. The van der Waals surface area contributed by atoms with Gasteiger partial charge in [0, 0.05) is 16.3 Å². The highest BCUT2D eigenvalue weighted by atomic mass is 35.5. The van der Waals surface area contributed by atoms with Crippen LogP contribution in [-0.4, -0.2) is 35.2 Å². The second-order valence-electron chi connectivity index (χ2n) is 6.77. The van der Waals surface area contributed by atoms with Gasteiger partial charge < -0.3 is 10.2 Å². The second kappa shape index (κ2) is 6.55. The number of nitrogens with zero attached hydrogens (tertiary/aromatic N) is 3. The number of anilines is 1. The van der Waals surface area contributed by atoms with Gasteiger partial charge in [-0.2, -0.15) is 5.10 Å². The number of likely N-dealkylation sites (tertiary alicyclic amines) is 1. The van der Waals surface area contributed by atoms with Gasteiger partial charge in [0.25, 0.3) is 0 Å². The molecular weight excluding hydrogens is 334 g/mol. The first-order valence-corrected chi connectivity index (χ1v) is 8.91. The molecule has 1 saturated heterocycles. The van der Waals surface area contributed by atoms with Crippen LogP contribution in [0.5, 0.6) is 0 Å². The van der Waals surface area contributed by atoms with E-state index in [0.717, 1.165) is 54.3 Å². The lowest BCUT2D eigenvalue weighted by Crippen LogP contribution is -2.33. The monoisotopic (exact) mass is 353 g/mol. The van der Waals surface area contributed by atoms with E-state index in [1.54, 1.807) is 6.20 Å². The predicted octanol–water partition coefficient (Wildman–Crippen LogP) is 4.09. The molecule has 0 radical (unpaired) electrons. The predicted molar refractivity (Wildman–Crippen MR) is 99.4 cm³/mol. The minimum Gasteiger partial charge on any atom is -0.354 e. The minimum atomic E-state index is -0.171. The summed E-state index contributed by atoms with van der Waals surface area (Å²) in [7, 11) is 2.15. The Morgan fingerprint density at radius 3 is 2.72 bits per heavy atom. The molecule has 1 fully saturated rings. The van der Waals surface area contributed by atoms with Gasteiger partial charge in [0.05, 0.1) is 18.7 Å². The van der Waals surface area contributed by atoms with Crippen LogP contribution >= 0.6 is 11.6 Å². The molecule has 2 aliphatic heterocycles. The van der Waals surface area contributed by atoms with Crippen molar-refractivity contribution >= 4 is 17.4 Å². The van der Waals surface area contributed by atoms with Crippen LogP contribution in [0.2, 0.25) is 5.02 Å². The van der Waals surface area contributed by atoms with Gasteiger partial charge in [-0.05, 0) is 50.5 Å². The maximum Gasteiger partial charge on any atom is 0.196 e. The molecule has 2 N–H and O–H groups in total.